The molecule has 0 bridgehead atoms. The molecule has 2 aromatic rings. The molecule has 0 radical (unpaired) electrons. The zero-order valence-corrected chi connectivity index (χ0v) is 12.4. The lowest BCUT2D eigenvalue weighted by Crippen LogP contribution is -2.22. The molecule has 3 nitrogen and oxygen atoms in total. The molecular weight excluding hydrogens is 292 g/mol. The Hall–Kier alpha value is -1.53. The molecular formula is C15H17F2N3S. The van der Waals surface area contributed by atoms with Crippen molar-refractivity contribution in [2.45, 2.75) is 31.7 Å². The smallest absolute Gasteiger partial charge is 0.177 e. The van der Waals surface area contributed by atoms with Crippen LogP contribution in [0.1, 0.15) is 29.3 Å². The molecule has 3 rings (SSSR count). The van der Waals surface area contributed by atoms with Gasteiger partial charge in [-0.25, -0.2) is 8.78 Å². The van der Waals surface area contributed by atoms with Crippen molar-refractivity contribution >= 4 is 12.2 Å². The molecule has 1 heterocycles. The molecule has 0 saturated carbocycles. The average molecular weight is 309 g/mol. The van der Waals surface area contributed by atoms with E-state index in [0.717, 1.165) is 30.2 Å². The number of nitrogens with one attached hydrogen (secondary N) is 1. The molecule has 1 aliphatic rings. The zero-order valence-electron chi connectivity index (χ0n) is 11.5. The number of nitrogens with zero attached hydrogens (tertiary/aromatic N) is 1. The van der Waals surface area contributed by atoms with E-state index in [1.807, 2.05) is 10.8 Å². The summed E-state index contributed by atoms with van der Waals surface area (Å²) >= 11 is 5.34. The van der Waals surface area contributed by atoms with Crippen molar-refractivity contribution in [3.05, 3.63) is 51.6 Å². The molecule has 112 valence electrons. The molecule has 21 heavy (non-hydrogen) atoms. The Balaban J connectivity index is 1.97. The number of benzene rings is 1. The number of nitrogens with two attached hydrogens (primary N) is 1. The highest BCUT2D eigenvalue weighted by Gasteiger charge is 2.25. The van der Waals surface area contributed by atoms with E-state index in [-0.39, 0.29) is 6.04 Å². The van der Waals surface area contributed by atoms with Crippen LogP contribution >= 0.6 is 12.2 Å². The van der Waals surface area contributed by atoms with E-state index in [1.165, 1.54) is 6.07 Å². The van der Waals surface area contributed by atoms with Crippen molar-refractivity contribution in [1.29, 1.82) is 0 Å². The Bertz CT molecular complexity index is 720. The van der Waals surface area contributed by atoms with Crippen LogP contribution < -0.4 is 5.73 Å². The molecule has 1 atom stereocenters. The van der Waals surface area contributed by atoms with E-state index in [4.69, 9.17) is 18.0 Å². The first-order valence-corrected chi connectivity index (χ1v) is 7.46. The Morgan fingerprint density at radius 2 is 2.19 bits per heavy atom. The number of hydrogen-bond donors (Lipinski definition) is 2. The second-order valence-electron chi connectivity index (χ2n) is 5.42. The predicted molar refractivity (Wildman–Crippen MR) is 79.8 cm³/mol. The van der Waals surface area contributed by atoms with Gasteiger partial charge in [-0.2, -0.15) is 0 Å². The van der Waals surface area contributed by atoms with Crippen molar-refractivity contribution in [2.75, 3.05) is 6.54 Å². The van der Waals surface area contributed by atoms with E-state index in [9.17, 15) is 8.78 Å². The van der Waals surface area contributed by atoms with Gasteiger partial charge in [-0.15, -0.1) is 0 Å². The normalized spacial score (nSPS) is 17.8. The van der Waals surface area contributed by atoms with Crippen LogP contribution in [-0.2, 0) is 19.3 Å². The van der Waals surface area contributed by atoms with Crippen LogP contribution in [0.2, 0.25) is 0 Å². The first-order chi connectivity index (χ1) is 10.1. The fourth-order valence-corrected chi connectivity index (χ4v) is 3.49. The first-order valence-electron chi connectivity index (χ1n) is 7.05. The Labute approximate surface area is 126 Å². The number of fused-ring (bicyclic) bond motifs is 1. The SMILES string of the molecule is NCCc1c[nH]c(=S)n1C1CCc2c(F)cc(F)cc2C1. The molecule has 0 amide bonds. The second kappa shape index (κ2) is 5.69. The number of hydrogen-bond acceptors (Lipinski definition) is 2. The van der Waals surface area contributed by atoms with Gasteiger partial charge < -0.3 is 15.3 Å². The molecule has 0 saturated heterocycles. The topological polar surface area (TPSA) is 46.7 Å². The zero-order chi connectivity index (χ0) is 15.0. The van der Waals surface area contributed by atoms with Crippen LogP contribution in [0, 0.1) is 16.4 Å². The fourth-order valence-electron chi connectivity index (χ4n) is 3.16. The fraction of sp³-hybridized carbons (Fsp3) is 0.400. The summed E-state index contributed by atoms with van der Waals surface area (Å²) < 4.78 is 29.9. The number of H-pyrrole nitrogens is 1. The van der Waals surface area contributed by atoms with Gasteiger partial charge in [0.25, 0.3) is 0 Å². The van der Waals surface area contributed by atoms with Crippen molar-refractivity contribution in [3.63, 3.8) is 0 Å². The number of halogens is 2. The summed E-state index contributed by atoms with van der Waals surface area (Å²) in [5.41, 5.74) is 8.05. The van der Waals surface area contributed by atoms with Crippen molar-refractivity contribution in [2.24, 2.45) is 5.73 Å². The first kappa shape index (κ1) is 14.4. The number of aromatic amines is 1. The Kier molecular flexibility index (Phi) is 3.91. The van der Waals surface area contributed by atoms with Gasteiger partial charge in [0.05, 0.1) is 0 Å². The van der Waals surface area contributed by atoms with Gasteiger partial charge in [-0.05, 0) is 55.2 Å². The van der Waals surface area contributed by atoms with Crippen LogP contribution in [0.3, 0.4) is 0 Å². The lowest BCUT2D eigenvalue weighted by Gasteiger charge is -2.27. The van der Waals surface area contributed by atoms with Gasteiger partial charge in [0, 0.05) is 30.4 Å². The van der Waals surface area contributed by atoms with Crippen LogP contribution in [0.5, 0.6) is 0 Å². The minimum absolute atomic E-state index is 0.124. The molecule has 6 heteroatoms. The second-order valence-corrected chi connectivity index (χ2v) is 5.80. The predicted octanol–water partition coefficient (Wildman–Crippen LogP) is 3.06. The highest BCUT2D eigenvalue weighted by atomic mass is 32.1. The number of rotatable bonds is 3. The van der Waals surface area contributed by atoms with Crippen LogP contribution in [-0.4, -0.2) is 16.1 Å². The maximum absolute atomic E-state index is 13.8. The Morgan fingerprint density at radius 3 is 2.95 bits per heavy atom. The number of imidazole rings is 1. The largest absolute Gasteiger partial charge is 0.337 e. The summed E-state index contributed by atoms with van der Waals surface area (Å²) in [6, 6.07) is 2.52. The van der Waals surface area contributed by atoms with Gasteiger partial charge in [-0.3, -0.25) is 0 Å². The third kappa shape index (κ3) is 2.65. The summed E-state index contributed by atoms with van der Waals surface area (Å²) in [6.45, 7) is 0.541. The van der Waals surface area contributed by atoms with Crippen LogP contribution in [0.25, 0.3) is 0 Å². The van der Waals surface area contributed by atoms with Gasteiger partial charge >= 0.3 is 0 Å². The Morgan fingerprint density at radius 1 is 1.38 bits per heavy atom. The molecule has 1 aromatic heterocycles. The van der Waals surface area contributed by atoms with Gasteiger partial charge in [0.2, 0.25) is 0 Å². The molecule has 0 fully saturated rings. The molecule has 0 aliphatic heterocycles. The summed E-state index contributed by atoms with van der Waals surface area (Å²) in [5, 5.41) is 0. The van der Waals surface area contributed by atoms with Crippen molar-refractivity contribution < 1.29 is 8.78 Å². The van der Waals surface area contributed by atoms with E-state index < -0.39 is 11.6 Å². The number of aromatic nitrogens is 2. The maximum Gasteiger partial charge on any atom is 0.177 e. The third-order valence-corrected chi connectivity index (χ3v) is 4.41. The average Bonchev–Trinajstić information content (AvgIpc) is 2.79. The lowest BCUT2D eigenvalue weighted by atomic mass is 9.87. The summed E-state index contributed by atoms with van der Waals surface area (Å²) in [6.07, 6.45) is 4.58. The van der Waals surface area contributed by atoms with Gasteiger partial charge in [-0.1, -0.05) is 0 Å². The van der Waals surface area contributed by atoms with E-state index in [1.54, 1.807) is 0 Å². The molecule has 1 aliphatic carbocycles. The van der Waals surface area contributed by atoms with Gasteiger partial charge in [0.1, 0.15) is 11.6 Å². The van der Waals surface area contributed by atoms with E-state index in [2.05, 4.69) is 4.98 Å². The standard InChI is InChI=1S/C15H17F2N3S/c16-10-5-9-6-11(1-2-13(9)14(17)7-10)20-12(3-4-18)8-19-15(20)21/h5,7-8,11H,1-4,6,18H2,(H,19,21). The monoisotopic (exact) mass is 309 g/mol. The minimum atomic E-state index is -0.522. The maximum atomic E-state index is 13.8. The van der Waals surface area contributed by atoms with Crippen molar-refractivity contribution in [3.8, 4) is 0 Å². The highest BCUT2D eigenvalue weighted by Crippen LogP contribution is 2.32. The molecule has 1 unspecified atom stereocenters. The highest BCUT2D eigenvalue weighted by molar-refractivity contribution is 7.71. The quantitative estimate of drug-likeness (QED) is 0.856. The van der Waals surface area contributed by atoms with Crippen LogP contribution in [0.4, 0.5) is 8.78 Å². The lowest BCUT2D eigenvalue weighted by molar-refractivity contribution is 0.416. The van der Waals surface area contributed by atoms with E-state index >= 15 is 0 Å². The van der Waals surface area contributed by atoms with Gasteiger partial charge in [0.15, 0.2) is 4.77 Å². The summed E-state index contributed by atoms with van der Waals surface area (Å²) in [7, 11) is 0. The summed E-state index contributed by atoms with van der Waals surface area (Å²) in [5.74, 6) is -0.963. The van der Waals surface area contributed by atoms with Crippen molar-refractivity contribution in [1.82, 2.24) is 9.55 Å². The van der Waals surface area contributed by atoms with Crippen LogP contribution in [0.15, 0.2) is 18.3 Å². The van der Waals surface area contributed by atoms with E-state index in [0.29, 0.717) is 29.7 Å². The summed E-state index contributed by atoms with van der Waals surface area (Å²) in [4.78, 5) is 3.04. The molecule has 3 N–H and O–H groups in total. The third-order valence-electron chi connectivity index (χ3n) is 4.09. The molecule has 1 aromatic carbocycles. The minimum Gasteiger partial charge on any atom is -0.337 e. The molecule has 0 spiro atoms.